The van der Waals surface area contributed by atoms with Crippen LogP contribution in [0.3, 0.4) is 0 Å². The highest BCUT2D eigenvalue weighted by molar-refractivity contribution is 8.00. The van der Waals surface area contributed by atoms with Crippen LogP contribution in [-0.2, 0) is 40.1 Å². The highest BCUT2D eigenvalue weighted by atomic mass is 32.2. The first-order valence-electron chi connectivity index (χ1n) is 11.4. The van der Waals surface area contributed by atoms with E-state index in [4.69, 9.17) is 20.0 Å². The number of thiazole rings is 1. The monoisotopic (exact) mass is 590 g/mol. The van der Waals surface area contributed by atoms with Crippen LogP contribution in [-0.4, -0.2) is 74.6 Å². The maximum atomic E-state index is 13.2. The van der Waals surface area contributed by atoms with E-state index in [0.717, 1.165) is 17.6 Å². The van der Waals surface area contributed by atoms with Crippen molar-refractivity contribution in [2.24, 2.45) is 5.16 Å². The zero-order valence-electron chi connectivity index (χ0n) is 21.0. The molecule has 17 heteroatoms. The van der Waals surface area contributed by atoms with Crippen molar-refractivity contribution in [3.8, 4) is 0 Å². The number of nitrogens with one attached hydrogen (secondary N) is 1. The number of nitro benzene ring substituents is 1. The Hall–Kier alpha value is -4.51. The minimum atomic E-state index is -1.23. The lowest BCUT2D eigenvalue weighted by Crippen LogP contribution is -2.75. The average Bonchev–Trinajstić information content (AvgIpc) is 3.37. The number of amides is 2. The number of ether oxygens (including phenoxy) is 2. The van der Waals surface area contributed by atoms with Gasteiger partial charge in [0.1, 0.15) is 30.8 Å². The van der Waals surface area contributed by atoms with Crippen LogP contribution in [0, 0.1) is 10.1 Å². The Morgan fingerprint density at radius 1 is 1.32 bits per heavy atom. The minimum Gasteiger partial charge on any atom is -0.459 e. The van der Waals surface area contributed by atoms with Crippen LogP contribution >= 0.6 is 23.1 Å². The minimum absolute atomic E-state index is 0.120. The number of fused-ring (bicyclic) bond motifs is 1. The summed E-state index contributed by atoms with van der Waals surface area (Å²) in [7, 11) is 1.25. The number of rotatable bonds is 9. The second-order valence-corrected chi connectivity index (χ2v) is 10.3. The van der Waals surface area contributed by atoms with Gasteiger partial charge in [-0.25, -0.2) is 9.78 Å². The number of carbonyl (C=O) groups is 4. The predicted molar refractivity (Wildman–Crippen MR) is 142 cm³/mol. The predicted octanol–water partition coefficient (Wildman–Crippen LogP) is 0.943. The van der Waals surface area contributed by atoms with Gasteiger partial charge in [-0.1, -0.05) is 5.16 Å². The number of non-ortho nitro benzene ring substituents is 1. The van der Waals surface area contributed by atoms with Crippen LogP contribution in [0.1, 0.15) is 18.2 Å². The Morgan fingerprint density at radius 3 is 2.65 bits per heavy atom. The normalized spacial score (nSPS) is 21.2. The van der Waals surface area contributed by atoms with Gasteiger partial charge >= 0.3 is 11.9 Å². The van der Waals surface area contributed by atoms with E-state index in [1.165, 1.54) is 60.3 Å². The number of hydrogen-bond donors (Lipinski definition) is 2. The fourth-order valence-electron chi connectivity index (χ4n) is 3.88. The SMILES string of the molecule is CON=C(C(=O)NC1C(=O)N2C(C(=O)OCc3ccc([N+](=O)[O-])cc3)C(=COC(C)=O)CS[C@H]12)c1csc(N)n1. The van der Waals surface area contributed by atoms with Gasteiger partial charge in [0.25, 0.3) is 11.6 Å². The molecule has 15 nitrogen and oxygen atoms in total. The number of nitro groups is 1. The standard InChI is InChI=1S/C23H22N6O9S2/c1-11(30)37-8-13-9-39-21-17(26-19(31)16(27-36-2)15-10-40-23(24)25-15)20(32)28(21)18(13)22(33)38-7-12-3-5-14(6-4-12)29(34)35/h3-6,8,10,17-18,21H,7,9H2,1-2H3,(H2,24,25)(H,26,31)/t17?,18?,21-/m1/s1. The second kappa shape index (κ2) is 12.1. The van der Waals surface area contributed by atoms with E-state index in [9.17, 15) is 29.3 Å². The Morgan fingerprint density at radius 2 is 2.05 bits per heavy atom. The van der Waals surface area contributed by atoms with E-state index < -0.39 is 46.1 Å². The number of anilines is 1. The molecule has 3 N–H and O–H groups in total. The molecular formula is C23H22N6O9S2. The van der Waals surface area contributed by atoms with E-state index in [1.807, 2.05) is 0 Å². The second-order valence-electron chi connectivity index (χ2n) is 8.33. The van der Waals surface area contributed by atoms with Crippen molar-refractivity contribution in [2.75, 3.05) is 18.6 Å². The third-order valence-electron chi connectivity index (χ3n) is 5.71. The molecule has 210 valence electrons. The smallest absolute Gasteiger partial charge is 0.333 e. The van der Waals surface area contributed by atoms with Crippen molar-refractivity contribution in [1.82, 2.24) is 15.2 Å². The number of benzene rings is 1. The van der Waals surface area contributed by atoms with Crippen LogP contribution in [0.5, 0.6) is 0 Å². The van der Waals surface area contributed by atoms with Crippen LogP contribution in [0.4, 0.5) is 10.8 Å². The fraction of sp³-hybridized carbons (Fsp3) is 0.304. The number of aromatic nitrogens is 1. The molecule has 0 saturated carbocycles. The van der Waals surface area contributed by atoms with Gasteiger partial charge in [0.2, 0.25) is 5.91 Å². The van der Waals surface area contributed by atoms with Crippen molar-refractivity contribution in [1.29, 1.82) is 0 Å². The summed E-state index contributed by atoms with van der Waals surface area (Å²) in [4.78, 5) is 71.1. The molecule has 40 heavy (non-hydrogen) atoms. The quantitative estimate of drug-likeness (QED) is 0.105. The Labute approximate surface area is 234 Å². The molecule has 4 rings (SSSR count). The molecule has 2 aliphatic heterocycles. The molecule has 3 atom stereocenters. The van der Waals surface area contributed by atoms with E-state index in [2.05, 4.69) is 15.5 Å². The molecule has 1 aromatic carbocycles. The van der Waals surface area contributed by atoms with Gasteiger partial charge < -0.3 is 30.3 Å². The van der Waals surface area contributed by atoms with Gasteiger partial charge in [-0.05, 0) is 17.7 Å². The summed E-state index contributed by atoms with van der Waals surface area (Å²) in [6.45, 7) is 0.967. The Bertz CT molecular complexity index is 1410. The van der Waals surface area contributed by atoms with E-state index in [0.29, 0.717) is 11.1 Å². The molecule has 2 unspecified atom stereocenters. The van der Waals surface area contributed by atoms with Gasteiger partial charge in [0, 0.05) is 35.8 Å². The van der Waals surface area contributed by atoms with Gasteiger partial charge in [0.15, 0.2) is 16.9 Å². The molecule has 0 radical (unpaired) electrons. The molecule has 1 aromatic heterocycles. The fourth-order valence-corrected chi connectivity index (χ4v) is 5.78. The summed E-state index contributed by atoms with van der Waals surface area (Å²) in [6.07, 6.45) is 1.11. The third-order valence-corrected chi connectivity index (χ3v) is 7.72. The molecule has 3 heterocycles. The summed E-state index contributed by atoms with van der Waals surface area (Å²) >= 11 is 2.34. The molecule has 0 spiro atoms. The lowest BCUT2D eigenvalue weighted by molar-refractivity contribution is -0.384. The number of β-lactam (4-membered cyclic amide) rings is 1. The van der Waals surface area contributed by atoms with Crippen molar-refractivity contribution >= 4 is 63.4 Å². The molecule has 0 bridgehead atoms. The third kappa shape index (κ3) is 6.04. The number of carbonyl (C=O) groups excluding carboxylic acids is 4. The topological polar surface area (TPSA) is 206 Å². The van der Waals surface area contributed by atoms with Crippen LogP contribution < -0.4 is 11.1 Å². The van der Waals surface area contributed by atoms with E-state index in [1.54, 1.807) is 0 Å². The number of nitrogens with zero attached hydrogens (tertiary/aromatic N) is 4. The van der Waals surface area contributed by atoms with Crippen LogP contribution in [0.15, 0.2) is 46.6 Å². The van der Waals surface area contributed by atoms with Crippen LogP contribution in [0.2, 0.25) is 0 Å². The average molecular weight is 591 g/mol. The summed E-state index contributed by atoms with van der Waals surface area (Å²) in [6, 6.07) is 3.20. The maximum absolute atomic E-state index is 13.2. The molecular weight excluding hydrogens is 568 g/mol. The molecule has 2 aliphatic rings. The zero-order valence-corrected chi connectivity index (χ0v) is 22.6. The number of hydrogen-bond acceptors (Lipinski definition) is 14. The largest absolute Gasteiger partial charge is 0.459 e. The number of oxime groups is 1. The number of esters is 2. The van der Waals surface area contributed by atoms with Crippen molar-refractivity contribution < 1.29 is 38.4 Å². The van der Waals surface area contributed by atoms with Crippen molar-refractivity contribution in [3.05, 3.63) is 62.9 Å². The molecule has 2 amide bonds. The Balaban J connectivity index is 1.50. The number of nitrogens with two attached hydrogens (primary N) is 1. The van der Waals surface area contributed by atoms with Crippen molar-refractivity contribution in [2.45, 2.75) is 31.0 Å². The van der Waals surface area contributed by atoms with Gasteiger partial charge in [-0.3, -0.25) is 24.5 Å². The molecule has 0 aliphatic carbocycles. The molecule has 2 aromatic rings. The molecule has 2 saturated heterocycles. The van der Waals surface area contributed by atoms with Gasteiger partial charge in [-0.2, -0.15) is 0 Å². The lowest BCUT2D eigenvalue weighted by atomic mass is 9.98. The maximum Gasteiger partial charge on any atom is 0.333 e. The first-order valence-corrected chi connectivity index (χ1v) is 13.4. The summed E-state index contributed by atoms with van der Waals surface area (Å²) in [5, 5.41) is 18.3. The van der Waals surface area contributed by atoms with E-state index in [-0.39, 0.29) is 34.6 Å². The first-order chi connectivity index (χ1) is 19.1. The lowest BCUT2D eigenvalue weighted by Gasteiger charge is -2.52. The van der Waals surface area contributed by atoms with Crippen molar-refractivity contribution in [3.63, 3.8) is 0 Å². The summed E-state index contributed by atoms with van der Waals surface area (Å²) in [5.41, 5.74) is 6.31. The number of thioether (sulfide) groups is 1. The highest BCUT2D eigenvalue weighted by Crippen LogP contribution is 2.41. The summed E-state index contributed by atoms with van der Waals surface area (Å²) < 4.78 is 10.4. The van der Waals surface area contributed by atoms with Crippen LogP contribution in [0.25, 0.3) is 0 Å². The Kier molecular flexibility index (Phi) is 8.64. The zero-order chi connectivity index (χ0) is 29.0. The highest BCUT2D eigenvalue weighted by Gasteiger charge is 2.57. The number of nitrogen functional groups attached to an aromatic ring is 1. The van der Waals surface area contributed by atoms with E-state index >= 15 is 0 Å². The van der Waals surface area contributed by atoms with Gasteiger partial charge in [-0.15, -0.1) is 23.1 Å². The molecule has 2 fully saturated rings. The summed E-state index contributed by atoms with van der Waals surface area (Å²) in [5.74, 6) is -2.55. The van der Waals surface area contributed by atoms with Gasteiger partial charge in [0.05, 0.1) is 11.2 Å². The first kappa shape index (κ1) is 28.5.